The fourth-order valence-corrected chi connectivity index (χ4v) is 1.30. The first kappa shape index (κ1) is 14.2. The minimum absolute atomic E-state index is 0. The first-order valence-electron chi connectivity index (χ1n) is 3.91. The van der Waals surface area contributed by atoms with Gasteiger partial charge in [-0.05, 0) is 6.92 Å². The van der Waals surface area contributed by atoms with Crippen molar-refractivity contribution in [2.75, 3.05) is 6.61 Å². The molecule has 0 amide bonds. The SMILES string of the molecule is CC1OC(CO)C(O)C(O)C1[NH-].[Ac]. The average Bonchev–Trinajstić information content (AvgIpc) is 2.08. The summed E-state index contributed by atoms with van der Waals surface area (Å²) < 4.78 is 5.08. The Balaban J connectivity index is 0.00000144. The van der Waals surface area contributed by atoms with E-state index >= 15 is 0 Å². The van der Waals surface area contributed by atoms with Crippen LogP contribution >= 0.6 is 0 Å². The molecule has 1 heterocycles. The van der Waals surface area contributed by atoms with Crippen LogP contribution in [0, 0.1) is 44.1 Å². The molecule has 5 nitrogen and oxygen atoms in total. The van der Waals surface area contributed by atoms with Gasteiger partial charge < -0.3 is 25.8 Å². The summed E-state index contributed by atoms with van der Waals surface area (Å²) in [7, 11) is 0. The van der Waals surface area contributed by atoms with Crippen molar-refractivity contribution in [2.45, 2.75) is 37.4 Å². The zero-order valence-corrected chi connectivity index (χ0v) is 12.2. The Kier molecular flexibility index (Phi) is 6.53. The van der Waals surface area contributed by atoms with E-state index in [-0.39, 0.29) is 50.7 Å². The summed E-state index contributed by atoms with van der Waals surface area (Å²) in [5.41, 5.74) is 7.36. The second-order valence-electron chi connectivity index (χ2n) is 3.07. The second-order valence-corrected chi connectivity index (χ2v) is 3.07. The number of ether oxygens (including phenoxy) is 1. The van der Waals surface area contributed by atoms with Crippen LogP contribution < -0.4 is 0 Å². The van der Waals surface area contributed by atoms with Crippen LogP contribution in [0.15, 0.2) is 0 Å². The van der Waals surface area contributed by atoms with E-state index in [1.807, 2.05) is 0 Å². The molecule has 0 spiro atoms. The summed E-state index contributed by atoms with van der Waals surface area (Å²) in [5, 5.41) is 27.3. The molecule has 13 heavy (non-hydrogen) atoms. The number of rotatable bonds is 1. The molecular formula is C7H14AcNO4-. The molecule has 6 heteroatoms. The third kappa shape index (κ3) is 3.10. The zero-order chi connectivity index (χ0) is 9.30. The predicted molar refractivity (Wildman–Crippen MR) is 41.5 cm³/mol. The van der Waals surface area contributed by atoms with Gasteiger partial charge in [0, 0.05) is 50.2 Å². The van der Waals surface area contributed by atoms with Gasteiger partial charge in [0.25, 0.3) is 0 Å². The van der Waals surface area contributed by atoms with Crippen LogP contribution in [0.5, 0.6) is 0 Å². The van der Waals surface area contributed by atoms with E-state index in [4.69, 9.17) is 15.6 Å². The fraction of sp³-hybridized carbons (Fsp3) is 1.00. The molecule has 0 aliphatic carbocycles. The van der Waals surface area contributed by atoms with Crippen LogP contribution in [-0.4, -0.2) is 52.4 Å². The molecule has 5 atom stereocenters. The number of hydrogen-bond acceptors (Lipinski definition) is 4. The van der Waals surface area contributed by atoms with Gasteiger partial charge in [-0.1, -0.05) is 6.04 Å². The van der Waals surface area contributed by atoms with E-state index in [9.17, 15) is 10.2 Å². The van der Waals surface area contributed by atoms with E-state index in [0.29, 0.717) is 0 Å². The van der Waals surface area contributed by atoms with E-state index < -0.39 is 30.5 Å². The van der Waals surface area contributed by atoms with Crippen LogP contribution in [0.1, 0.15) is 6.92 Å². The maximum Gasteiger partial charge on any atom is 0.109 e. The van der Waals surface area contributed by atoms with Crippen molar-refractivity contribution < 1.29 is 64.1 Å². The Morgan fingerprint density at radius 3 is 2.31 bits per heavy atom. The standard InChI is InChI=1S/C7H14NO4.Ac/c1-3-5(8)7(11)6(10)4(2-9)12-3;/h3-11H,2H2,1H3;/q-1;. The van der Waals surface area contributed by atoms with Crippen molar-refractivity contribution in [1.29, 1.82) is 0 Å². The van der Waals surface area contributed by atoms with Gasteiger partial charge in [0.05, 0.1) is 12.7 Å². The van der Waals surface area contributed by atoms with Crippen molar-refractivity contribution in [3.05, 3.63) is 5.73 Å². The van der Waals surface area contributed by atoms with Crippen molar-refractivity contribution in [2.24, 2.45) is 0 Å². The third-order valence-electron chi connectivity index (χ3n) is 2.17. The van der Waals surface area contributed by atoms with Gasteiger partial charge in [-0.3, -0.25) is 0 Å². The monoisotopic (exact) mass is 403 g/mol. The van der Waals surface area contributed by atoms with Crippen molar-refractivity contribution in [1.82, 2.24) is 0 Å². The summed E-state index contributed by atoms with van der Waals surface area (Å²) >= 11 is 0. The molecule has 1 rings (SSSR count). The molecule has 1 aliphatic rings. The minimum Gasteiger partial charge on any atom is -0.670 e. The first-order valence-corrected chi connectivity index (χ1v) is 3.91. The Bertz CT molecular complexity index is 155. The number of aliphatic hydroxyl groups excluding tert-OH is 3. The van der Waals surface area contributed by atoms with Crippen LogP contribution in [0.25, 0.3) is 5.73 Å². The van der Waals surface area contributed by atoms with Gasteiger partial charge in [-0.15, -0.1) is 0 Å². The Labute approximate surface area is 113 Å². The van der Waals surface area contributed by atoms with Gasteiger partial charge in [-0.25, -0.2) is 0 Å². The van der Waals surface area contributed by atoms with Gasteiger partial charge >= 0.3 is 0 Å². The third-order valence-corrected chi connectivity index (χ3v) is 2.17. The van der Waals surface area contributed by atoms with Crippen molar-refractivity contribution in [3.63, 3.8) is 0 Å². The predicted octanol–water partition coefficient (Wildman–Crippen LogP) is -1.09. The molecule has 1 radical (unpaired) electrons. The Morgan fingerprint density at radius 2 is 1.85 bits per heavy atom. The largest absolute Gasteiger partial charge is 0.670 e. The van der Waals surface area contributed by atoms with Crippen LogP contribution in [0.3, 0.4) is 0 Å². The maximum absolute atomic E-state index is 9.29. The van der Waals surface area contributed by atoms with Crippen LogP contribution in [-0.2, 0) is 4.74 Å². The van der Waals surface area contributed by atoms with E-state index in [1.54, 1.807) is 6.92 Å². The number of nitrogens with one attached hydrogen (secondary N) is 1. The summed E-state index contributed by atoms with van der Waals surface area (Å²) in [6, 6.07) is -0.845. The topological polar surface area (TPSA) is 93.7 Å². The summed E-state index contributed by atoms with van der Waals surface area (Å²) in [4.78, 5) is 0. The summed E-state index contributed by atoms with van der Waals surface area (Å²) in [6.07, 6.45) is -3.52. The molecule has 1 aliphatic heterocycles. The molecule has 0 aromatic heterocycles. The maximum atomic E-state index is 9.29. The van der Waals surface area contributed by atoms with Crippen molar-refractivity contribution in [3.8, 4) is 0 Å². The van der Waals surface area contributed by atoms with Gasteiger partial charge in [0.15, 0.2) is 0 Å². The molecule has 5 unspecified atom stereocenters. The molecule has 0 saturated carbocycles. The van der Waals surface area contributed by atoms with Crippen LogP contribution in [0.4, 0.5) is 0 Å². The first-order chi connectivity index (χ1) is 5.57. The Morgan fingerprint density at radius 1 is 1.31 bits per heavy atom. The summed E-state index contributed by atoms with van der Waals surface area (Å²) in [5.74, 6) is 0. The molecule has 1 fully saturated rings. The fourth-order valence-electron chi connectivity index (χ4n) is 1.30. The average molecular weight is 403 g/mol. The van der Waals surface area contributed by atoms with Crippen molar-refractivity contribution >= 4 is 0 Å². The van der Waals surface area contributed by atoms with E-state index in [1.165, 1.54) is 0 Å². The number of aliphatic hydroxyl groups is 3. The van der Waals surface area contributed by atoms with E-state index in [0.717, 1.165) is 0 Å². The zero-order valence-electron chi connectivity index (χ0n) is 7.42. The normalized spacial score (nSPS) is 45.5. The summed E-state index contributed by atoms with van der Waals surface area (Å²) in [6.45, 7) is 1.30. The number of hydrogen-bond donors (Lipinski definition) is 3. The van der Waals surface area contributed by atoms with E-state index in [2.05, 4.69) is 0 Å². The quantitative estimate of drug-likeness (QED) is 0.519. The molecule has 1 saturated heterocycles. The van der Waals surface area contributed by atoms with Gasteiger partial charge in [-0.2, -0.15) is 0 Å². The molecule has 0 aromatic carbocycles. The molecule has 0 aromatic rings. The Hall–Kier alpha value is 1.24. The van der Waals surface area contributed by atoms with Crippen LogP contribution in [0.2, 0.25) is 0 Å². The smallest absolute Gasteiger partial charge is 0.109 e. The van der Waals surface area contributed by atoms with Gasteiger partial charge in [0.1, 0.15) is 12.2 Å². The molecule has 0 bridgehead atoms. The molecular weight excluding hydrogens is 389 g/mol. The molecule has 75 valence electrons. The van der Waals surface area contributed by atoms with Gasteiger partial charge in [0.2, 0.25) is 0 Å². The molecule has 4 N–H and O–H groups in total. The second kappa shape index (κ2) is 5.96. The minimum atomic E-state index is -1.16.